The van der Waals surface area contributed by atoms with Gasteiger partial charge in [0.05, 0.1) is 12.1 Å². The maximum Gasteiger partial charge on any atom is 0.328 e. The fraction of sp³-hybridized carbons (Fsp3) is 0.500. The molecule has 0 spiro atoms. The van der Waals surface area contributed by atoms with Gasteiger partial charge in [0, 0.05) is 13.0 Å². The van der Waals surface area contributed by atoms with E-state index >= 15 is 0 Å². The van der Waals surface area contributed by atoms with E-state index in [1.165, 1.54) is 6.92 Å². The van der Waals surface area contributed by atoms with E-state index in [9.17, 15) is 34.2 Å². The van der Waals surface area contributed by atoms with Crippen molar-refractivity contribution in [3.63, 3.8) is 0 Å². The van der Waals surface area contributed by atoms with E-state index in [0.29, 0.717) is 0 Å². The molecule has 216 valence electrons. The molecule has 0 radical (unpaired) electrons. The largest absolute Gasteiger partial charge is 0.480 e. The van der Waals surface area contributed by atoms with Gasteiger partial charge in [0.15, 0.2) is 12.0 Å². The topological polar surface area (TPSA) is 278 Å². The zero-order valence-electron chi connectivity index (χ0n) is 21.7. The first-order valence-electron chi connectivity index (χ1n) is 12.3. The molecular weight excluding hydrogens is 512 g/mol. The SMILES string of the molecule is CC(O)C(NC(=O)C(CCCN=C(N)N)NC(=O)C(CCC(N)=O)NC(=O)C(N)Cc1ccccc1)C(=O)O. The van der Waals surface area contributed by atoms with Gasteiger partial charge < -0.3 is 49.1 Å². The molecule has 4 amide bonds. The van der Waals surface area contributed by atoms with Crippen molar-refractivity contribution in [2.24, 2.45) is 27.9 Å². The highest BCUT2D eigenvalue weighted by molar-refractivity contribution is 5.94. The van der Waals surface area contributed by atoms with Crippen LogP contribution in [0.2, 0.25) is 0 Å². The van der Waals surface area contributed by atoms with Crippen LogP contribution in [0.3, 0.4) is 0 Å². The molecule has 5 atom stereocenters. The van der Waals surface area contributed by atoms with Gasteiger partial charge in [-0.15, -0.1) is 0 Å². The molecule has 0 saturated heterocycles. The average Bonchev–Trinajstić information content (AvgIpc) is 2.86. The van der Waals surface area contributed by atoms with Crippen molar-refractivity contribution in [2.75, 3.05) is 6.54 Å². The average molecular weight is 551 g/mol. The number of aliphatic imine (C=N–C) groups is 1. The molecule has 0 heterocycles. The van der Waals surface area contributed by atoms with E-state index in [1.54, 1.807) is 24.3 Å². The molecule has 1 rings (SSSR count). The molecule has 0 bridgehead atoms. The number of amides is 4. The van der Waals surface area contributed by atoms with Crippen molar-refractivity contribution in [2.45, 2.75) is 69.3 Å². The summed E-state index contributed by atoms with van der Waals surface area (Å²) in [5.41, 5.74) is 22.6. The first kappa shape index (κ1) is 32.8. The van der Waals surface area contributed by atoms with Crippen molar-refractivity contribution in [1.82, 2.24) is 16.0 Å². The van der Waals surface area contributed by atoms with Crippen LogP contribution in [0.4, 0.5) is 0 Å². The Hall–Kier alpha value is -4.24. The molecule has 39 heavy (non-hydrogen) atoms. The number of aliphatic carboxylic acids is 1. The van der Waals surface area contributed by atoms with E-state index in [4.69, 9.17) is 22.9 Å². The Kier molecular flexibility index (Phi) is 13.9. The summed E-state index contributed by atoms with van der Waals surface area (Å²) in [6.07, 6.45) is -1.50. The second kappa shape index (κ2) is 16.6. The number of carboxylic acid groups (broad SMARTS) is 1. The number of carbonyl (C=O) groups is 5. The minimum Gasteiger partial charge on any atom is -0.480 e. The minimum absolute atomic E-state index is 0.0233. The predicted molar refractivity (Wildman–Crippen MR) is 142 cm³/mol. The van der Waals surface area contributed by atoms with E-state index < -0.39 is 59.9 Å². The Balaban J connectivity index is 3.05. The highest BCUT2D eigenvalue weighted by Gasteiger charge is 2.31. The summed E-state index contributed by atoms with van der Waals surface area (Å²) in [4.78, 5) is 65.4. The molecule has 0 aliphatic rings. The van der Waals surface area contributed by atoms with Crippen molar-refractivity contribution in [3.05, 3.63) is 35.9 Å². The lowest BCUT2D eigenvalue weighted by Gasteiger charge is -2.25. The number of primary amides is 1. The third kappa shape index (κ3) is 12.7. The number of guanidine groups is 1. The third-order valence-corrected chi connectivity index (χ3v) is 5.57. The molecule has 0 fully saturated rings. The fourth-order valence-corrected chi connectivity index (χ4v) is 3.48. The van der Waals surface area contributed by atoms with Gasteiger partial charge in [0.1, 0.15) is 12.1 Å². The Morgan fingerprint density at radius 1 is 0.897 bits per heavy atom. The second-order valence-electron chi connectivity index (χ2n) is 8.94. The molecule has 13 N–H and O–H groups in total. The van der Waals surface area contributed by atoms with Gasteiger partial charge >= 0.3 is 5.97 Å². The number of nitrogens with zero attached hydrogens (tertiary/aromatic N) is 1. The van der Waals surface area contributed by atoms with Gasteiger partial charge in [-0.25, -0.2) is 4.79 Å². The smallest absolute Gasteiger partial charge is 0.328 e. The van der Waals surface area contributed by atoms with Crippen LogP contribution in [0, 0.1) is 0 Å². The maximum atomic E-state index is 13.1. The zero-order valence-corrected chi connectivity index (χ0v) is 21.7. The Morgan fingerprint density at radius 2 is 1.46 bits per heavy atom. The van der Waals surface area contributed by atoms with Crippen LogP contribution in [0.15, 0.2) is 35.3 Å². The van der Waals surface area contributed by atoms with Gasteiger partial charge in [0.2, 0.25) is 23.6 Å². The van der Waals surface area contributed by atoms with Crippen LogP contribution in [0.25, 0.3) is 0 Å². The normalized spacial score (nSPS) is 14.5. The molecule has 1 aromatic carbocycles. The van der Waals surface area contributed by atoms with Gasteiger partial charge in [-0.2, -0.15) is 0 Å². The van der Waals surface area contributed by atoms with Crippen molar-refractivity contribution in [3.8, 4) is 0 Å². The van der Waals surface area contributed by atoms with Gasteiger partial charge in [0.25, 0.3) is 0 Å². The summed E-state index contributed by atoms with van der Waals surface area (Å²) >= 11 is 0. The predicted octanol–water partition coefficient (Wildman–Crippen LogP) is -3.20. The number of benzene rings is 1. The Bertz CT molecular complexity index is 1010. The molecule has 0 aliphatic carbocycles. The van der Waals surface area contributed by atoms with E-state index in [1.807, 2.05) is 6.07 Å². The number of nitrogens with two attached hydrogens (primary N) is 4. The van der Waals surface area contributed by atoms with Crippen LogP contribution < -0.4 is 38.9 Å². The lowest BCUT2D eigenvalue weighted by molar-refractivity contribution is -0.145. The molecular formula is C24H38N8O7. The molecule has 0 aliphatic heterocycles. The summed E-state index contributed by atoms with van der Waals surface area (Å²) in [6, 6.07) is 3.71. The highest BCUT2D eigenvalue weighted by atomic mass is 16.4. The number of rotatable bonds is 17. The second-order valence-corrected chi connectivity index (χ2v) is 8.94. The molecule has 15 heteroatoms. The van der Waals surface area contributed by atoms with Crippen LogP contribution in [0.5, 0.6) is 0 Å². The quantitative estimate of drug-likeness (QED) is 0.0531. The van der Waals surface area contributed by atoms with Crippen LogP contribution in [0.1, 0.15) is 38.2 Å². The first-order valence-corrected chi connectivity index (χ1v) is 12.3. The third-order valence-electron chi connectivity index (χ3n) is 5.57. The zero-order chi connectivity index (χ0) is 29.5. The molecule has 1 aromatic rings. The monoisotopic (exact) mass is 550 g/mol. The summed E-state index contributed by atoms with van der Waals surface area (Å²) < 4.78 is 0. The van der Waals surface area contributed by atoms with Crippen LogP contribution in [-0.4, -0.2) is 82.6 Å². The number of hydrogen-bond donors (Lipinski definition) is 9. The molecule has 0 aromatic heterocycles. The van der Waals surface area contributed by atoms with Gasteiger partial charge in [-0.05, 0) is 38.2 Å². The number of carboxylic acids is 1. The Labute approximate surface area is 225 Å². The van der Waals surface area contributed by atoms with Crippen molar-refractivity contribution >= 4 is 35.6 Å². The van der Waals surface area contributed by atoms with Crippen LogP contribution in [-0.2, 0) is 30.4 Å². The summed E-state index contributed by atoms with van der Waals surface area (Å²) in [5, 5.41) is 26.1. The molecule has 5 unspecified atom stereocenters. The number of aliphatic hydroxyl groups excluding tert-OH is 1. The van der Waals surface area contributed by atoms with E-state index in [2.05, 4.69) is 20.9 Å². The van der Waals surface area contributed by atoms with Gasteiger partial charge in [-0.1, -0.05) is 30.3 Å². The van der Waals surface area contributed by atoms with E-state index in [0.717, 1.165) is 5.56 Å². The molecule has 15 nitrogen and oxygen atoms in total. The number of aliphatic hydroxyl groups is 1. The maximum absolute atomic E-state index is 13.1. The minimum atomic E-state index is -1.64. The fourth-order valence-electron chi connectivity index (χ4n) is 3.48. The van der Waals surface area contributed by atoms with Crippen molar-refractivity contribution in [1.29, 1.82) is 0 Å². The van der Waals surface area contributed by atoms with Gasteiger partial charge in [-0.3, -0.25) is 24.2 Å². The lowest BCUT2D eigenvalue weighted by atomic mass is 10.0. The highest BCUT2D eigenvalue weighted by Crippen LogP contribution is 2.07. The van der Waals surface area contributed by atoms with Crippen molar-refractivity contribution < 1.29 is 34.2 Å². The summed E-state index contributed by atoms with van der Waals surface area (Å²) in [6.45, 7) is 1.29. The standard InChI is InChI=1S/C24H38N8O7/c1-13(33)19(23(38)39)32-22(37)16(8-5-11-29-24(27)28)31-21(36)17(9-10-18(26)34)30-20(35)15(25)12-14-6-3-2-4-7-14/h2-4,6-7,13,15-17,19,33H,5,8-12,25H2,1H3,(H2,26,34)(H,30,35)(H,31,36)(H,32,37)(H,38,39)(H4,27,28,29). The summed E-state index contributed by atoms with van der Waals surface area (Å²) in [7, 11) is 0. The number of nitrogens with one attached hydrogen (secondary N) is 3. The van der Waals surface area contributed by atoms with Crippen LogP contribution >= 0.6 is 0 Å². The lowest BCUT2D eigenvalue weighted by Crippen LogP contribution is -2.58. The molecule has 0 saturated carbocycles. The first-order chi connectivity index (χ1) is 18.3. The Morgan fingerprint density at radius 3 is 2.00 bits per heavy atom. The number of carbonyl (C=O) groups excluding carboxylic acids is 4. The van der Waals surface area contributed by atoms with E-state index in [-0.39, 0.29) is 44.6 Å². The summed E-state index contributed by atoms with van der Waals surface area (Å²) in [5.74, 6) is -4.78. The number of hydrogen-bond acceptors (Lipinski definition) is 8.